The number of nitrogens with zero attached hydrogens (tertiary/aromatic N) is 3. The number of hydrogen-bond acceptors (Lipinski definition) is 4. The Hall–Kier alpha value is -1.07. The number of anilines is 1. The summed E-state index contributed by atoms with van der Waals surface area (Å²) >= 11 is 0. The third-order valence-corrected chi connectivity index (χ3v) is 3.10. The van der Waals surface area contributed by atoms with Crippen LogP contribution < -0.4 is 10.6 Å². The van der Waals surface area contributed by atoms with Crippen molar-refractivity contribution < 1.29 is 4.74 Å². The molecular weight excluding hydrogens is 228 g/mol. The van der Waals surface area contributed by atoms with Crippen LogP contribution in [0.1, 0.15) is 25.1 Å². The lowest BCUT2D eigenvalue weighted by Gasteiger charge is -2.24. The van der Waals surface area contributed by atoms with Crippen LogP contribution in [0.4, 0.5) is 5.82 Å². The molecule has 0 radical (unpaired) electrons. The Bertz CT molecular complexity index is 362. The molecule has 0 unspecified atom stereocenters. The minimum Gasteiger partial charge on any atom is -0.380 e. The lowest BCUT2D eigenvalue weighted by molar-refractivity contribution is 0.153. The molecule has 104 valence electrons. The molecule has 1 rings (SSSR count). The van der Waals surface area contributed by atoms with Crippen LogP contribution in [0, 0.1) is 6.92 Å². The van der Waals surface area contributed by atoms with Gasteiger partial charge in [-0.15, -0.1) is 0 Å². The van der Waals surface area contributed by atoms with Crippen molar-refractivity contribution in [3.05, 3.63) is 11.3 Å². The fraction of sp³-hybridized carbons (Fsp3) is 0.769. The van der Waals surface area contributed by atoms with Crippen molar-refractivity contribution >= 4 is 5.82 Å². The van der Waals surface area contributed by atoms with Crippen LogP contribution in [0.2, 0.25) is 0 Å². The van der Waals surface area contributed by atoms with Gasteiger partial charge in [0.2, 0.25) is 0 Å². The Kier molecular flexibility index (Phi) is 6.15. The van der Waals surface area contributed by atoms with Crippen molar-refractivity contribution in [1.29, 1.82) is 0 Å². The highest BCUT2D eigenvalue weighted by Gasteiger charge is 2.17. The van der Waals surface area contributed by atoms with E-state index in [1.54, 1.807) is 0 Å². The van der Waals surface area contributed by atoms with E-state index in [0.29, 0.717) is 6.54 Å². The van der Waals surface area contributed by atoms with Crippen molar-refractivity contribution in [3.8, 4) is 0 Å². The van der Waals surface area contributed by atoms with E-state index in [1.807, 2.05) is 25.6 Å². The van der Waals surface area contributed by atoms with E-state index in [-0.39, 0.29) is 0 Å². The molecule has 5 nitrogen and oxygen atoms in total. The lowest BCUT2D eigenvalue weighted by atomic mass is 10.1. The molecule has 0 atom stereocenters. The SMILES string of the molecule is CCOCCN(CC)c1c(CCN)c(C)nn1C. The average molecular weight is 254 g/mol. The van der Waals surface area contributed by atoms with Gasteiger partial charge in [0.1, 0.15) is 5.82 Å². The second-order valence-electron chi connectivity index (χ2n) is 4.33. The average Bonchev–Trinajstić information content (AvgIpc) is 2.62. The van der Waals surface area contributed by atoms with Gasteiger partial charge >= 0.3 is 0 Å². The first-order chi connectivity index (χ1) is 8.65. The van der Waals surface area contributed by atoms with Crippen LogP contribution in [0.15, 0.2) is 0 Å². The van der Waals surface area contributed by atoms with Gasteiger partial charge in [-0.2, -0.15) is 5.10 Å². The van der Waals surface area contributed by atoms with Crippen LogP contribution in [0.5, 0.6) is 0 Å². The second kappa shape index (κ2) is 7.38. The van der Waals surface area contributed by atoms with Crippen molar-refractivity contribution in [2.24, 2.45) is 12.8 Å². The summed E-state index contributed by atoms with van der Waals surface area (Å²) in [6, 6.07) is 0. The van der Waals surface area contributed by atoms with Gasteiger partial charge in [0.15, 0.2) is 0 Å². The molecule has 1 heterocycles. The van der Waals surface area contributed by atoms with E-state index < -0.39 is 0 Å². The highest BCUT2D eigenvalue weighted by Crippen LogP contribution is 2.23. The highest BCUT2D eigenvalue weighted by molar-refractivity contribution is 5.50. The molecule has 5 heteroatoms. The highest BCUT2D eigenvalue weighted by atomic mass is 16.5. The number of rotatable bonds is 8. The van der Waals surface area contributed by atoms with Gasteiger partial charge in [-0.25, -0.2) is 0 Å². The maximum Gasteiger partial charge on any atom is 0.130 e. The molecule has 0 spiro atoms. The van der Waals surface area contributed by atoms with Crippen LogP contribution in [0.3, 0.4) is 0 Å². The smallest absolute Gasteiger partial charge is 0.130 e. The fourth-order valence-corrected chi connectivity index (χ4v) is 2.26. The Balaban J connectivity index is 2.89. The summed E-state index contributed by atoms with van der Waals surface area (Å²) in [7, 11) is 1.99. The zero-order valence-corrected chi connectivity index (χ0v) is 12.1. The molecule has 0 amide bonds. The predicted molar refractivity (Wildman–Crippen MR) is 75.1 cm³/mol. The molecule has 0 saturated heterocycles. The summed E-state index contributed by atoms with van der Waals surface area (Å²) in [6.45, 7) is 10.2. The molecule has 0 aliphatic rings. The first-order valence-corrected chi connectivity index (χ1v) is 6.70. The first kappa shape index (κ1) is 15.0. The minimum atomic E-state index is 0.655. The largest absolute Gasteiger partial charge is 0.380 e. The number of hydrogen-bond donors (Lipinski definition) is 1. The van der Waals surface area contributed by atoms with Crippen LogP contribution in [-0.4, -0.2) is 42.6 Å². The molecule has 1 aromatic rings. The molecule has 0 aromatic carbocycles. The van der Waals surface area contributed by atoms with Crippen LogP contribution in [-0.2, 0) is 18.2 Å². The van der Waals surface area contributed by atoms with Gasteiger partial charge in [-0.05, 0) is 33.7 Å². The van der Waals surface area contributed by atoms with Crippen molar-refractivity contribution in [3.63, 3.8) is 0 Å². The Labute approximate surface area is 110 Å². The van der Waals surface area contributed by atoms with Crippen LogP contribution >= 0.6 is 0 Å². The van der Waals surface area contributed by atoms with Gasteiger partial charge in [0.25, 0.3) is 0 Å². The summed E-state index contributed by atoms with van der Waals surface area (Å²) in [5, 5.41) is 4.51. The van der Waals surface area contributed by atoms with E-state index in [2.05, 4.69) is 16.9 Å². The first-order valence-electron chi connectivity index (χ1n) is 6.70. The van der Waals surface area contributed by atoms with E-state index in [4.69, 9.17) is 10.5 Å². The molecule has 1 aromatic heterocycles. The molecule has 0 fully saturated rings. The van der Waals surface area contributed by atoms with Gasteiger partial charge in [0.05, 0.1) is 12.3 Å². The minimum absolute atomic E-state index is 0.655. The zero-order valence-electron chi connectivity index (χ0n) is 12.1. The summed E-state index contributed by atoms with van der Waals surface area (Å²) in [6.07, 6.45) is 0.875. The number of nitrogens with two attached hydrogens (primary N) is 1. The lowest BCUT2D eigenvalue weighted by Crippen LogP contribution is -2.30. The summed E-state index contributed by atoms with van der Waals surface area (Å²) in [4.78, 5) is 2.31. The normalized spacial score (nSPS) is 10.9. The Morgan fingerprint density at radius 1 is 1.39 bits per heavy atom. The standard InChI is InChI=1S/C13H26N4O/c1-5-17(9-10-18-6-2)13-12(7-8-14)11(3)15-16(13)4/h5-10,14H2,1-4H3. The summed E-state index contributed by atoms with van der Waals surface area (Å²) < 4.78 is 7.39. The van der Waals surface area contributed by atoms with Crippen LogP contribution in [0.25, 0.3) is 0 Å². The second-order valence-corrected chi connectivity index (χ2v) is 4.33. The monoisotopic (exact) mass is 254 g/mol. The van der Waals surface area contributed by atoms with E-state index >= 15 is 0 Å². The van der Waals surface area contributed by atoms with E-state index in [9.17, 15) is 0 Å². The number of ether oxygens (including phenoxy) is 1. The topological polar surface area (TPSA) is 56.3 Å². The molecule has 2 N–H and O–H groups in total. The van der Waals surface area contributed by atoms with Gasteiger partial charge in [-0.3, -0.25) is 4.68 Å². The maximum atomic E-state index is 5.69. The van der Waals surface area contributed by atoms with Gasteiger partial charge < -0.3 is 15.4 Å². The van der Waals surface area contributed by atoms with E-state index in [1.165, 1.54) is 11.4 Å². The Morgan fingerprint density at radius 2 is 2.11 bits per heavy atom. The third kappa shape index (κ3) is 3.46. The van der Waals surface area contributed by atoms with Gasteiger partial charge in [-0.1, -0.05) is 0 Å². The quantitative estimate of drug-likeness (QED) is 0.706. The molecule has 0 aliphatic heterocycles. The molecule has 0 aliphatic carbocycles. The van der Waals surface area contributed by atoms with E-state index in [0.717, 1.165) is 38.4 Å². The molecular formula is C13H26N4O. The zero-order chi connectivity index (χ0) is 13.5. The Morgan fingerprint density at radius 3 is 2.67 bits per heavy atom. The summed E-state index contributed by atoms with van der Waals surface area (Å²) in [5.41, 5.74) is 8.03. The molecule has 18 heavy (non-hydrogen) atoms. The number of likely N-dealkylation sites (N-methyl/N-ethyl adjacent to an activating group) is 1. The molecule has 0 saturated carbocycles. The number of aromatic nitrogens is 2. The van der Waals surface area contributed by atoms with Crippen molar-refractivity contribution in [2.75, 3.05) is 37.7 Å². The summed E-state index contributed by atoms with van der Waals surface area (Å²) in [5.74, 6) is 1.18. The van der Waals surface area contributed by atoms with Crippen molar-refractivity contribution in [2.45, 2.75) is 27.2 Å². The number of aryl methyl sites for hydroxylation is 2. The van der Waals surface area contributed by atoms with Crippen molar-refractivity contribution in [1.82, 2.24) is 9.78 Å². The predicted octanol–water partition coefficient (Wildman–Crippen LogP) is 1.09. The maximum absolute atomic E-state index is 5.69. The van der Waals surface area contributed by atoms with Gasteiger partial charge in [0, 0.05) is 32.3 Å². The third-order valence-electron chi connectivity index (χ3n) is 3.10. The fourth-order valence-electron chi connectivity index (χ4n) is 2.26. The molecule has 0 bridgehead atoms.